The molecule has 1 aromatic heterocycles. The molecule has 0 fully saturated rings. The number of nitrogens with two attached hydrogens (primary N) is 2. The van der Waals surface area contributed by atoms with Crippen LogP contribution in [-0.4, -0.2) is 27.5 Å². The van der Waals surface area contributed by atoms with Gasteiger partial charge in [0.05, 0.1) is 5.69 Å². The molecule has 0 aliphatic heterocycles. The Morgan fingerprint density at radius 3 is 1.92 bits per heavy atom. The standard InChI is InChI=1S/C18H18N6S/c1-25-18-23-15(11-2-4-12(5-3-11)16(19)20)10-24(18)14-8-6-13(7-9-14)17(21)22/h2-10H,1H3,(H3,19,20)(H3,21,22). The molecule has 1 heterocycles. The van der Waals surface area contributed by atoms with E-state index in [1.807, 2.05) is 65.6 Å². The van der Waals surface area contributed by atoms with Crippen LogP contribution >= 0.6 is 11.8 Å². The molecule has 0 bridgehead atoms. The van der Waals surface area contributed by atoms with E-state index in [0.29, 0.717) is 11.1 Å². The van der Waals surface area contributed by atoms with E-state index in [2.05, 4.69) is 4.98 Å². The lowest BCUT2D eigenvalue weighted by molar-refractivity contribution is 0.898. The SMILES string of the molecule is CSc1nc(-c2ccc(C(=N)N)cc2)cn1-c1ccc(C(=N)N)cc1. The Morgan fingerprint density at radius 2 is 1.44 bits per heavy atom. The number of amidine groups is 2. The fourth-order valence-corrected chi connectivity index (χ4v) is 3.00. The molecule has 3 rings (SSSR count). The summed E-state index contributed by atoms with van der Waals surface area (Å²) in [5.74, 6) is 0.0981. The second-order valence-corrected chi connectivity index (χ2v) is 6.21. The highest BCUT2D eigenvalue weighted by atomic mass is 32.2. The van der Waals surface area contributed by atoms with Crippen molar-refractivity contribution in [3.05, 3.63) is 65.9 Å². The Balaban J connectivity index is 1.99. The number of thioether (sulfide) groups is 1. The Morgan fingerprint density at radius 1 is 0.920 bits per heavy atom. The van der Waals surface area contributed by atoms with Gasteiger partial charge in [-0.2, -0.15) is 0 Å². The lowest BCUT2D eigenvalue weighted by atomic mass is 10.1. The van der Waals surface area contributed by atoms with Gasteiger partial charge in [-0.25, -0.2) is 4.98 Å². The van der Waals surface area contributed by atoms with Crippen LogP contribution in [0.1, 0.15) is 11.1 Å². The average molecular weight is 350 g/mol. The first-order valence-electron chi connectivity index (χ1n) is 7.52. The van der Waals surface area contributed by atoms with Crippen LogP contribution in [0.25, 0.3) is 16.9 Å². The lowest BCUT2D eigenvalue weighted by Crippen LogP contribution is -2.10. The molecule has 126 valence electrons. The number of aromatic nitrogens is 2. The van der Waals surface area contributed by atoms with E-state index >= 15 is 0 Å². The summed E-state index contributed by atoms with van der Waals surface area (Å²) in [6.07, 6.45) is 3.95. The number of nitrogens with zero attached hydrogens (tertiary/aromatic N) is 2. The number of rotatable bonds is 5. The zero-order chi connectivity index (χ0) is 18.0. The quantitative estimate of drug-likeness (QED) is 0.321. The molecule has 0 aliphatic carbocycles. The Kier molecular flexibility index (Phi) is 4.58. The zero-order valence-electron chi connectivity index (χ0n) is 13.7. The molecule has 6 nitrogen and oxygen atoms in total. The molecule has 7 heteroatoms. The maximum atomic E-state index is 7.48. The number of nitrogens with one attached hydrogen (secondary N) is 2. The minimum atomic E-state index is 0.0486. The number of imidazole rings is 1. The molecule has 0 atom stereocenters. The fourth-order valence-electron chi connectivity index (χ4n) is 2.45. The van der Waals surface area contributed by atoms with Crippen LogP contribution in [0.5, 0.6) is 0 Å². The monoisotopic (exact) mass is 350 g/mol. The molecular formula is C18H18N6S. The van der Waals surface area contributed by atoms with Gasteiger partial charge in [0.2, 0.25) is 0 Å². The number of hydrogen-bond acceptors (Lipinski definition) is 4. The second-order valence-electron chi connectivity index (χ2n) is 5.43. The molecule has 3 aromatic rings. The zero-order valence-corrected chi connectivity index (χ0v) is 14.5. The summed E-state index contributed by atoms with van der Waals surface area (Å²) < 4.78 is 2.00. The Labute approximate surface area is 149 Å². The predicted molar refractivity (Wildman–Crippen MR) is 103 cm³/mol. The van der Waals surface area contributed by atoms with Crippen molar-refractivity contribution in [3.63, 3.8) is 0 Å². The summed E-state index contributed by atoms with van der Waals surface area (Å²) in [4.78, 5) is 4.68. The molecule has 0 spiro atoms. The first kappa shape index (κ1) is 16.8. The van der Waals surface area contributed by atoms with Crippen molar-refractivity contribution < 1.29 is 0 Å². The maximum absolute atomic E-state index is 7.48. The third-order valence-corrected chi connectivity index (χ3v) is 4.46. The van der Waals surface area contributed by atoms with Crippen molar-refractivity contribution in [1.82, 2.24) is 9.55 Å². The van der Waals surface area contributed by atoms with Crippen LogP contribution in [0.15, 0.2) is 59.9 Å². The van der Waals surface area contributed by atoms with Gasteiger partial charge in [0, 0.05) is 28.6 Å². The van der Waals surface area contributed by atoms with Gasteiger partial charge in [-0.3, -0.25) is 15.4 Å². The van der Waals surface area contributed by atoms with Crippen molar-refractivity contribution in [2.45, 2.75) is 5.16 Å². The van der Waals surface area contributed by atoms with Gasteiger partial charge < -0.3 is 11.5 Å². The van der Waals surface area contributed by atoms with Gasteiger partial charge in [0.25, 0.3) is 0 Å². The molecule has 0 unspecified atom stereocenters. The average Bonchev–Trinajstić information content (AvgIpc) is 3.06. The summed E-state index contributed by atoms with van der Waals surface area (Å²) in [7, 11) is 0. The van der Waals surface area contributed by atoms with Crippen LogP contribution in [0.3, 0.4) is 0 Å². The molecule has 25 heavy (non-hydrogen) atoms. The smallest absolute Gasteiger partial charge is 0.172 e. The van der Waals surface area contributed by atoms with Gasteiger partial charge in [-0.05, 0) is 30.5 Å². The first-order valence-corrected chi connectivity index (χ1v) is 8.75. The number of nitrogen functional groups attached to an aromatic ring is 2. The molecule has 0 saturated carbocycles. The summed E-state index contributed by atoms with van der Waals surface area (Å²) >= 11 is 1.56. The highest BCUT2D eigenvalue weighted by Gasteiger charge is 2.11. The third kappa shape index (κ3) is 3.41. The van der Waals surface area contributed by atoms with E-state index in [1.165, 1.54) is 0 Å². The number of benzene rings is 2. The van der Waals surface area contributed by atoms with Gasteiger partial charge in [-0.15, -0.1) is 0 Å². The Bertz CT molecular complexity index is 925. The topological polar surface area (TPSA) is 118 Å². The fraction of sp³-hybridized carbons (Fsp3) is 0.0556. The van der Waals surface area contributed by atoms with Crippen LogP contribution in [0.2, 0.25) is 0 Å². The maximum Gasteiger partial charge on any atom is 0.172 e. The van der Waals surface area contributed by atoms with Crippen molar-refractivity contribution in [3.8, 4) is 16.9 Å². The van der Waals surface area contributed by atoms with Crippen LogP contribution in [0.4, 0.5) is 0 Å². The van der Waals surface area contributed by atoms with Crippen molar-refractivity contribution >= 4 is 23.4 Å². The molecule has 0 aliphatic rings. The van der Waals surface area contributed by atoms with Crippen molar-refractivity contribution in [1.29, 1.82) is 10.8 Å². The Hall–Kier alpha value is -3.06. The van der Waals surface area contributed by atoms with Crippen molar-refractivity contribution in [2.24, 2.45) is 11.5 Å². The minimum absolute atomic E-state index is 0.0486. The van der Waals surface area contributed by atoms with E-state index in [-0.39, 0.29) is 11.7 Å². The van der Waals surface area contributed by atoms with E-state index in [9.17, 15) is 0 Å². The summed E-state index contributed by atoms with van der Waals surface area (Å²) in [5.41, 5.74) is 15.1. The van der Waals surface area contributed by atoms with Gasteiger partial charge in [-0.1, -0.05) is 36.0 Å². The molecule has 0 saturated heterocycles. The van der Waals surface area contributed by atoms with Gasteiger partial charge >= 0.3 is 0 Å². The van der Waals surface area contributed by atoms with E-state index in [0.717, 1.165) is 22.1 Å². The van der Waals surface area contributed by atoms with Crippen LogP contribution in [-0.2, 0) is 0 Å². The molecular weight excluding hydrogens is 332 g/mol. The number of hydrogen-bond donors (Lipinski definition) is 4. The molecule has 2 aromatic carbocycles. The highest BCUT2D eigenvalue weighted by Crippen LogP contribution is 2.26. The largest absolute Gasteiger partial charge is 0.384 e. The van der Waals surface area contributed by atoms with Crippen LogP contribution < -0.4 is 11.5 Å². The van der Waals surface area contributed by atoms with E-state index in [1.54, 1.807) is 11.8 Å². The minimum Gasteiger partial charge on any atom is -0.384 e. The lowest BCUT2D eigenvalue weighted by Gasteiger charge is -2.06. The molecule has 0 amide bonds. The van der Waals surface area contributed by atoms with E-state index in [4.69, 9.17) is 22.3 Å². The van der Waals surface area contributed by atoms with Crippen LogP contribution in [0, 0.1) is 10.8 Å². The third-order valence-electron chi connectivity index (χ3n) is 3.80. The predicted octanol–water partition coefficient (Wildman–Crippen LogP) is 2.83. The van der Waals surface area contributed by atoms with Crippen molar-refractivity contribution in [2.75, 3.05) is 6.26 Å². The molecule has 6 N–H and O–H groups in total. The first-order chi connectivity index (χ1) is 12.0. The molecule has 0 radical (unpaired) electrons. The summed E-state index contributed by atoms with van der Waals surface area (Å²) in [5, 5.41) is 15.8. The summed E-state index contributed by atoms with van der Waals surface area (Å²) in [6.45, 7) is 0. The van der Waals surface area contributed by atoms with Gasteiger partial charge in [0.1, 0.15) is 11.7 Å². The highest BCUT2D eigenvalue weighted by molar-refractivity contribution is 7.98. The normalized spacial score (nSPS) is 10.6. The summed E-state index contributed by atoms with van der Waals surface area (Å²) in [6, 6.07) is 14.9. The van der Waals surface area contributed by atoms with Gasteiger partial charge in [0.15, 0.2) is 5.16 Å². The second kappa shape index (κ2) is 6.82. The van der Waals surface area contributed by atoms with E-state index < -0.39 is 0 Å².